The van der Waals surface area contributed by atoms with Crippen LogP contribution in [0.25, 0.3) is 10.9 Å². The molecule has 2 unspecified atom stereocenters. The highest BCUT2D eigenvalue weighted by Gasteiger charge is 2.33. The number of nitrogens with zero attached hydrogens (tertiary/aromatic N) is 2. The molecular weight excluding hydrogens is 407 g/mol. The zero-order chi connectivity index (χ0) is 20.5. The molecule has 0 saturated heterocycles. The molecule has 1 aliphatic heterocycles. The molecule has 1 aliphatic rings. The molecule has 2 atom stereocenters. The van der Waals surface area contributed by atoms with Crippen molar-refractivity contribution < 1.29 is 5.11 Å². The SMILES string of the molecule is CCc1nc(NCCN2CC(C)c3c([nH]c4ccc(Cl)cc34)C2CO)ccc1Cl. The third kappa shape index (κ3) is 3.97. The minimum Gasteiger partial charge on any atom is -0.394 e. The van der Waals surface area contributed by atoms with Crippen LogP contribution in [-0.4, -0.2) is 46.2 Å². The summed E-state index contributed by atoms with van der Waals surface area (Å²) in [6, 6.07) is 9.67. The number of hydrogen-bond donors (Lipinski definition) is 3. The van der Waals surface area contributed by atoms with Gasteiger partial charge in [0.2, 0.25) is 0 Å². The van der Waals surface area contributed by atoms with Crippen LogP contribution in [0.2, 0.25) is 10.0 Å². The second-order valence-corrected chi connectivity index (χ2v) is 8.49. The maximum Gasteiger partial charge on any atom is 0.126 e. The van der Waals surface area contributed by atoms with Gasteiger partial charge in [0.15, 0.2) is 0 Å². The topological polar surface area (TPSA) is 64.2 Å². The Balaban J connectivity index is 1.51. The number of anilines is 1. The minimum atomic E-state index is -0.0569. The number of hydrogen-bond acceptors (Lipinski definition) is 4. The molecule has 0 saturated carbocycles. The number of fused-ring (bicyclic) bond motifs is 3. The molecule has 5 nitrogen and oxygen atoms in total. The summed E-state index contributed by atoms with van der Waals surface area (Å²) < 4.78 is 0. The maximum atomic E-state index is 10.2. The Morgan fingerprint density at radius 1 is 1.28 bits per heavy atom. The van der Waals surface area contributed by atoms with E-state index in [1.165, 1.54) is 5.56 Å². The fraction of sp³-hybridized carbons (Fsp3) is 0.409. The van der Waals surface area contributed by atoms with Gasteiger partial charge in [-0.25, -0.2) is 4.98 Å². The lowest BCUT2D eigenvalue weighted by atomic mass is 9.89. The summed E-state index contributed by atoms with van der Waals surface area (Å²) in [5, 5.41) is 16.1. The van der Waals surface area contributed by atoms with Gasteiger partial charge in [0.1, 0.15) is 5.82 Å². The maximum absolute atomic E-state index is 10.2. The van der Waals surface area contributed by atoms with Crippen LogP contribution in [0.4, 0.5) is 5.82 Å². The van der Waals surface area contributed by atoms with Crippen LogP contribution in [0.3, 0.4) is 0 Å². The van der Waals surface area contributed by atoms with Crippen molar-refractivity contribution in [1.29, 1.82) is 0 Å². The molecule has 154 valence electrons. The van der Waals surface area contributed by atoms with Crippen LogP contribution in [0.15, 0.2) is 30.3 Å². The first-order chi connectivity index (χ1) is 14.0. The fourth-order valence-corrected chi connectivity index (χ4v) is 4.78. The highest BCUT2D eigenvalue weighted by Crippen LogP contribution is 2.40. The predicted molar refractivity (Wildman–Crippen MR) is 120 cm³/mol. The van der Waals surface area contributed by atoms with Gasteiger partial charge in [-0.3, -0.25) is 4.90 Å². The molecular formula is C22H26Cl2N4O. The molecule has 3 aromatic rings. The van der Waals surface area contributed by atoms with Crippen molar-refractivity contribution >= 4 is 39.9 Å². The largest absolute Gasteiger partial charge is 0.394 e. The van der Waals surface area contributed by atoms with Gasteiger partial charge in [0.05, 0.1) is 23.4 Å². The molecule has 2 aromatic heterocycles. The Labute approximate surface area is 181 Å². The van der Waals surface area contributed by atoms with Crippen molar-refractivity contribution in [2.24, 2.45) is 0 Å². The van der Waals surface area contributed by atoms with Gasteiger partial charge in [-0.15, -0.1) is 0 Å². The molecule has 4 rings (SSSR count). The van der Waals surface area contributed by atoms with Crippen LogP contribution >= 0.6 is 23.2 Å². The molecule has 7 heteroatoms. The smallest absolute Gasteiger partial charge is 0.126 e. The molecule has 0 aliphatic carbocycles. The number of aryl methyl sites for hydroxylation is 1. The minimum absolute atomic E-state index is 0.0569. The number of aromatic nitrogens is 2. The number of aliphatic hydroxyl groups is 1. The Bertz CT molecular complexity index is 1020. The average Bonchev–Trinajstić information content (AvgIpc) is 3.08. The lowest BCUT2D eigenvalue weighted by molar-refractivity contribution is 0.108. The van der Waals surface area contributed by atoms with E-state index in [1.54, 1.807) is 0 Å². The van der Waals surface area contributed by atoms with Crippen LogP contribution in [0, 0.1) is 0 Å². The lowest BCUT2D eigenvalue weighted by Crippen LogP contribution is -2.41. The number of aliphatic hydroxyl groups excluding tert-OH is 1. The molecule has 0 spiro atoms. The zero-order valence-corrected chi connectivity index (χ0v) is 18.2. The molecule has 0 radical (unpaired) electrons. The van der Waals surface area contributed by atoms with Gasteiger partial charge in [0, 0.05) is 41.3 Å². The van der Waals surface area contributed by atoms with E-state index in [0.717, 1.165) is 59.2 Å². The van der Waals surface area contributed by atoms with Gasteiger partial charge in [-0.1, -0.05) is 37.0 Å². The van der Waals surface area contributed by atoms with E-state index >= 15 is 0 Å². The first-order valence-electron chi connectivity index (χ1n) is 10.1. The second-order valence-electron chi connectivity index (χ2n) is 7.64. The van der Waals surface area contributed by atoms with Crippen LogP contribution < -0.4 is 5.32 Å². The van der Waals surface area contributed by atoms with Gasteiger partial charge in [-0.05, 0) is 48.2 Å². The Morgan fingerprint density at radius 3 is 2.86 bits per heavy atom. The molecule has 1 aromatic carbocycles. The summed E-state index contributed by atoms with van der Waals surface area (Å²) in [5.41, 5.74) is 4.35. The highest BCUT2D eigenvalue weighted by atomic mass is 35.5. The summed E-state index contributed by atoms with van der Waals surface area (Å²) in [7, 11) is 0. The fourth-order valence-electron chi connectivity index (χ4n) is 4.36. The number of H-pyrrole nitrogens is 1. The van der Waals surface area contributed by atoms with E-state index in [-0.39, 0.29) is 12.6 Å². The van der Waals surface area contributed by atoms with Gasteiger partial charge in [0.25, 0.3) is 0 Å². The van der Waals surface area contributed by atoms with Crippen LogP contribution in [-0.2, 0) is 6.42 Å². The van der Waals surface area contributed by atoms with Gasteiger partial charge >= 0.3 is 0 Å². The number of nitrogens with one attached hydrogen (secondary N) is 2. The summed E-state index contributed by atoms with van der Waals surface area (Å²) in [6.45, 7) is 6.77. The van der Waals surface area contributed by atoms with E-state index in [1.807, 2.05) is 37.3 Å². The Kier molecular flexibility index (Phi) is 6.02. The molecule has 3 heterocycles. The summed E-state index contributed by atoms with van der Waals surface area (Å²) in [4.78, 5) is 10.4. The highest BCUT2D eigenvalue weighted by molar-refractivity contribution is 6.31. The lowest BCUT2D eigenvalue weighted by Gasteiger charge is -2.38. The number of aromatic amines is 1. The normalized spacial score (nSPS) is 19.5. The summed E-state index contributed by atoms with van der Waals surface area (Å²) in [6.07, 6.45) is 0.803. The number of halogens is 2. The molecule has 3 N–H and O–H groups in total. The first kappa shape index (κ1) is 20.5. The van der Waals surface area contributed by atoms with Gasteiger partial charge < -0.3 is 15.4 Å². The molecule has 29 heavy (non-hydrogen) atoms. The third-order valence-electron chi connectivity index (χ3n) is 5.74. The second kappa shape index (κ2) is 8.52. The van der Waals surface area contributed by atoms with Crippen molar-refractivity contribution in [2.75, 3.05) is 31.6 Å². The van der Waals surface area contributed by atoms with Crippen molar-refractivity contribution in [3.8, 4) is 0 Å². The first-order valence-corrected chi connectivity index (χ1v) is 10.8. The van der Waals surface area contributed by atoms with Crippen LogP contribution in [0.1, 0.15) is 42.8 Å². The zero-order valence-electron chi connectivity index (χ0n) is 16.7. The van der Waals surface area contributed by atoms with E-state index in [4.69, 9.17) is 23.2 Å². The number of benzene rings is 1. The van der Waals surface area contributed by atoms with Crippen molar-refractivity contribution in [3.05, 3.63) is 57.3 Å². The monoisotopic (exact) mass is 432 g/mol. The van der Waals surface area contributed by atoms with Crippen LogP contribution in [0.5, 0.6) is 0 Å². The summed E-state index contributed by atoms with van der Waals surface area (Å²) >= 11 is 12.4. The van der Waals surface area contributed by atoms with E-state index in [0.29, 0.717) is 10.9 Å². The van der Waals surface area contributed by atoms with E-state index in [9.17, 15) is 5.11 Å². The van der Waals surface area contributed by atoms with Crippen molar-refractivity contribution in [1.82, 2.24) is 14.9 Å². The average molecular weight is 433 g/mol. The molecule has 0 amide bonds. The number of pyridine rings is 1. The summed E-state index contributed by atoms with van der Waals surface area (Å²) in [5.74, 6) is 1.18. The third-order valence-corrected chi connectivity index (χ3v) is 6.32. The van der Waals surface area contributed by atoms with Crippen molar-refractivity contribution in [3.63, 3.8) is 0 Å². The molecule has 0 bridgehead atoms. The Hall–Kier alpha value is -1.79. The van der Waals surface area contributed by atoms with E-state index < -0.39 is 0 Å². The number of rotatable bonds is 6. The molecule has 0 fully saturated rings. The quantitative estimate of drug-likeness (QED) is 0.512. The standard InChI is InChI=1S/C22H26Cl2N4O/c1-3-17-16(24)5-7-20(26-17)25-8-9-28-11-13(2)21-15-10-14(23)4-6-18(15)27-22(21)19(28)12-29/h4-7,10,13,19,27,29H,3,8-9,11-12H2,1-2H3,(H,25,26). The Morgan fingerprint density at radius 2 is 2.10 bits per heavy atom. The predicted octanol–water partition coefficient (Wildman–Crippen LogP) is 5.00. The van der Waals surface area contributed by atoms with Crippen molar-refractivity contribution in [2.45, 2.75) is 32.2 Å². The van der Waals surface area contributed by atoms with E-state index in [2.05, 4.69) is 27.1 Å². The van der Waals surface area contributed by atoms with Gasteiger partial charge in [-0.2, -0.15) is 0 Å².